The Morgan fingerprint density at radius 2 is 0.872 bits per heavy atom. The molecule has 39 heavy (non-hydrogen) atoms. The lowest BCUT2D eigenvalue weighted by Gasteiger charge is -2.08. The van der Waals surface area contributed by atoms with Crippen LogP contribution in [0.25, 0.3) is 62.9 Å². The molecule has 184 valence electrons. The number of thiophene rings is 2. The van der Waals surface area contributed by atoms with E-state index < -0.39 is 0 Å². The summed E-state index contributed by atoms with van der Waals surface area (Å²) in [7, 11) is 0. The average molecular weight is 537 g/mol. The Morgan fingerprint density at radius 1 is 0.410 bits per heavy atom. The molecular weight excluding hydrogens is 517 g/mol. The highest BCUT2D eigenvalue weighted by Gasteiger charge is 2.11. The Kier molecular flexibility index (Phi) is 5.18. The van der Waals surface area contributed by atoms with Gasteiger partial charge in [0.25, 0.3) is 0 Å². The van der Waals surface area contributed by atoms with Gasteiger partial charge in [-0.1, -0.05) is 60.7 Å². The summed E-state index contributed by atoms with van der Waals surface area (Å²) in [6.07, 6.45) is 0. The highest BCUT2D eigenvalue weighted by Crippen LogP contribution is 2.37. The van der Waals surface area contributed by atoms with Gasteiger partial charge in [-0.3, -0.25) is 0 Å². The molecule has 4 aromatic heterocycles. The molecule has 4 heterocycles. The molecule has 0 saturated heterocycles. The van der Waals surface area contributed by atoms with Crippen LogP contribution in [0.2, 0.25) is 0 Å². The first-order valence-electron chi connectivity index (χ1n) is 12.7. The molecule has 0 bridgehead atoms. The second-order valence-electron chi connectivity index (χ2n) is 9.44. The van der Waals surface area contributed by atoms with Crippen molar-refractivity contribution < 1.29 is 4.74 Å². The molecule has 8 rings (SSSR count). The first kappa shape index (κ1) is 22.4. The molecule has 4 aromatic carbocycles. The Hall–Kier alpha value is -4.58. The maximum absolute atomic E-state index is 6.17. The van der Waals surface area contributed by atoms with Crippen molar-refractivity contribution >= 4 is 63.0 Å². The lowest BCUT2D eigenvalue weighted by molar-refractivity contribution is 0.446. The van der Waals surface area contributed by atoms with E-state index in [-0.39, 0.29) is 0 Å². The second kappa shape index (κ2) is 9.02. The minimum absolute atomic E-state index is 0.520. The van der Waals surface area contributed by atoms with Crippen molar-refractivity contribution in [1.82, 2.24) is 9.97 Å². The lowest BCUT2D eigenvalue weighted by atomic mass is 10.1. The number of hydrogen-bond acceptors (Lipinski definition) is 5. The summed E-state index contributed by atoms with van der Waals surface area (Å²) in [5.41, 5.74) is 3.87. The SMILES string of the molecule is c1cc(Oc2cccc(-c3ccc4sc5ccccc5c4c3)n2)nc(-c2ccc3sc4ccccc4c3c2)c1. The quantitative estimate of drug-likeness (QED) is 0.224. The van der Waals surface area contributed by atoms with Gasteiger partial charge < -0.3 is 4.74 Å². The van der Waals surface area contributed by atoms with E-state index in [0.717, 1.165) is 22.5 Å². The van der Waals surface area contributed by atoms with E-state index in [9.17, 15) is 0 Å². The molecule has 0 saturated carbocycles. The van der Waals surface area contributed by atoms with Gasteiger partial charge in [0.2, 0.25) is 11.8 Å². The van der Waals surface area contributed by atoms with Crippen molar-refractivity contribution in [1.29, 1.82) is 0 Å². The van der Waals surface area contributed by atoms with E-state index in [2.05, 4.69) is 84.9 Å². The first-order valence-corrected chi connectivity index (χ1v) is 14.4. The molecular formula is C34H20N2OS2. The zero-order valence-electron chi connectivity index (χ0n) is 20.7. The smallest absolute Gasteiger partial charge is 0.221 e. The Labute approximate surface area is 232 Å². The molecule has 0 unspecified atom stereocenters. The molecule has 0 atom stereocenters. The summed E-state index contributed by atoms with van der Waals surface area (Å²) in [4.78, 5) is 9.65. The second-order valence-corrected chi connectivity index (χ2v) is 11.6. The van der Waals surface area contributed by atoms with E-state index in [1.165, 1.54) is 40.3 Å². The van der Waals surface area contributed by atoms with Crippen LogP contribution in [0, 0.1) is 0 Å². The van der Waals surface area contributed by atoms with Gasteiger partial charge in [-0.15, -0.1) is 22.7 Å². The van der Waals surface area contributed by atoms with Gasteiger partial charge in [-0.25, -0.2) is 9.97 Å². The number of ether oxygens (including phenoxy) is 1. The van der Waals surface area contributed by atoms with Crippen LogP contribution >= 0.6 is 22.7 Å². The maximum atomic E-state index is 6.17. The Morgan fingerprint density at radius 3 is 1.38 bits per heavy atom. The van der Waals surface area contributed by atoms with Crippen molar-refractivity contribution in [3.63, 3.8) is 0 Å². The highest BCUT2D eigenvalue weighted by molar-refractivity contribution is 7.26. The molecule has 0 fully saturated rings. The molecule has 0 aliphatic heterocycles. The number of hydrogen-bond donors (Lipinski definition) is 0. The lowest BCUT2D eigenvalue weighted by Crippen LogP contribution is -1.93. The van der Waals surface area contributed by atoms with Crippen LogP contribution in [0.1, 0.15) is 0 Å². The molecule has 0 amide bonds. The molecule has 0 radical (unpaired) electrons. The fraction of sp³-hybridized carbons (Fsp3) is 0. The van der Waals surface area contributed by atoms with E-state index in [1.54, 1.807) is 0 Å². The van der Waals surface area contributed by atoms with Crippen molar-refractivity contribution in [3.8, 4) is 34.3 Å². The molecule has 8 aromatic rings. The van der Waals surface area contributed by atoms with E-state index in [0.29, 0.717) is 11.8 Å². The number of fused-ring (bicyclic) bond motifs is 6. The van der Waals surface area contributed by atoms with Gasteiger partial charge in [-0.05, 0) is 48.5 Å². The summed E-state index contributed by atoms with van der Waals surface area (Å²) in [5.74, 6) is 1.04. The van der Waals surface area contributed by atoms with Crippen LogP contribution in [0.15, 0.2) is 121 Å². The number of rotatable bonds is 4. The van der Waals surface area contributed by atoms with Gasteiger partial charge in [0.1, 0.15) is 0 Å². The zero-order valence-corrected chi connectivity index (χ0v) is 22.3. The molecule has 0 aliphatic rings. The molecule has 0 N–H and O–H groups in total. The van der Waals surface area contributed by atoms with Crippen LogP contribution in [0.4, 0.5) is 0 Å². The van der Waals surface area contributed by atoms with E-state index in [4.69, 9.17) is 14.7 Å². The van der Waals surface area contributed by atoms with Gasteiger partial charge in [0.05, 0.1) is 11.4 Å². The van der Waals surface area contributed by atoms with Crippen LogP contribution in [0.5, 0.6) is 11.8 Å². The number of aromatic nitrogens is 2. The minimum atomic E-state index is 0.520. The zero-order chi connectivity index (χ0) is 25.8. The summed E-state index contributed by atoms with van der Waals surface area (Å²) < 4.78 is 11.3. The van der Waals surface area contributed by atoms with Crippen LogP contribution in [-0.4, -0.2) is 9.97 Å². The van der Waals surface area contributed by atoms with E-state index in [1.807, 2.05) is 59.1 Å². The largest absolute Gasteiger partial charge is 0.421 e. The molecule has 0 aliphatic carbocycles. The predicted molar refractivity (Wildman–Crippen MR) is 165 cm³/mol. The van der Waals surface area contributed by atoms with Crippen LogP contribution in [-0.2, 0) is 0 Å². The third kappa shape index (κ3) is 3.95. The summed E-state index contributed by atoms with van der Waals surface area (Å²) in [6, 6.07) is 41.9. The van der Waals surface area contributed by atoms with E-state index >= 15 is 0 Å². The monoisotopic (exact) mass is 536 g/mol. The fourth-order valence-electron chi connectivity index (χ4n) is 5.14. The standard InChI is InChI=1S/C34H20N2OS2/c1-3-11-29-23(7-1)25-19-21(15-17-31(25)38-29)27-9-5-13-33(35-27)37-34-14-6-10-28(36-34)22-16-18-32-26(20-22)24-8-2-4-12-30(24)39-32/h1-20H. The third-order valence-electron chi connectivity index (χ3n) is 7.00. The molecule has 5 heteroatoms. The Balaban J connectivity index is 1.12. The third-order valence-corrected chi connectivity index (χ3v) is 9.30. The maximum Gasteiger partial charge on any atom is 0.221 e. The summed E-state index contributed by atoms with van der Waals surface area (Å²) >= 11 is 3.64. The summed E-state index contributed by atoms with van der Waals surface area (Å²) in [5, 5.41) is 5.07. The van der Waals surface area contributed by atoms with Crippen molar-refractivity contribution in [2.75, 3.05) is 0 Å². The van der Waals surface area contributed by atoms with Crippen molar-refractivity contribution in [3.05, 3.63) is 121 Å². The number of nitrogens with zero attached hydrogens (tertiary/aromatic N) is 2. The van der Waals surface area contributed by atoms with Crippen LogP contribution < -0.4 is 4.74 Å². The number of benzene rings is 4. The van der Waals surface area contributed by atoms with Crippen molar-refractivity contribution in [2.24, 2.45) is 0 Å². The Bertz CT molecular complexity index is 2020. The van der Waals surface area contributed by atoms with Gasteiger partial charge in [0, 0.05) is 63.6 Å². The van der Waals surface area contributed by atoms with Gasteiger partial charge in [-0.2, -0.15) is 0 Å². The average Bonchev–Trinajstić information content (AvgIpc) is 3.55. The highest BCUT2D eigenvalue weighted by atomic mass is 32.1. The first-order chi connectivity index (χ1) is 19.3. The summed E-state index contributed by atoms with van der Waals surface area (Å²) in [6.45, 7) is 0. The fourth-order valence-corrected chi connectivity index (χ4v) is 7.32. The topological polar surface area (TPSA) is 35.0 Å². The molecule has 3 nitrogen and oxygen atoms in total. The number of pyridine rings is 2. The predicted octanol–water partition coefficient (Wildman–Crippen LogP) is 10.3. The minimum Gasteiger partial charge on any atom is -0.421 e. The van der Waals surface area contributed by atoms with Gasteiger partial charge in [0.15, 0.2) is 0 Å². The van der Waals surface area contributed by atoms with Crippen LogP contribution in [0.3, 0.4) is 0 Å². The molecule has 0 spiro atoms. The van der Waals surface area contributed by atoms with Gasteiger partial charge >= 0.3 is 0 Å². The normalized spacial score (nSPS) is 11.6. The van der Waals surface area contributed by atoms with Crippen molar-refractivity contribution in [2.45, 2.75) is 0 Å².